The van der Waals surface area contributed by atoms with Gasteiger partial charge in [0, 0.05) is 18.7 Å². The summed E-state index contributed by atoms with van der Waals surface area (Å²) in [7, 11) is 0. The fourth-order valence-corrected chi connectivity index (χ4v) is 2.62. The molecule has 1 fully saturated rings. The third kappa shape index (κ3) is 2.70. The lowest BCUT2D eigenvalue weighted by molar-refractivity contribution is -0.384. The van der Waals surface area contributed by atoms with Crippen LogP contribution < -0.4 is 5.32 Å². The number of nitro groups is 1. The summed E-state index contributed by atoms with van der Waals surface area (Å²) in [4.78, 5) is 22.7. The van der Waals surface area contributed by atoms with Crippen LogP contribution in [0.5, 0.6) is 0 Å². The summed E-state index contributed by atoms with van der Waals surface area (Å²) in [5.41, 5.74) is 1.44. The zero-order valence-electron chi connectivity index (χ0n) is 12.0. The number of rotatable bonds is 5. The van der Waals surface area contributed by atoms with Gasteiger partial charge >= 0.3 is 0 Å². The van der Waals surface area contributed by atoms with E-state index in [4.69, 9.17) is 0 Å². The van der Waals surface area contributed by atoms with Crippen molar-refractivity contribution in [2.24, 2.45) is 0 Å². The summed E-state index contributed by atoms with van der Waals surface area (Å²) >= 11 is 0. The van der Waals surface area contributed by atoms with Crippen molar-refractivity contribution in [1.29, 1.82) is 0 Å². The van der Waals surface area contributed by atoms with Crippen LogP contribution in [0.2, 0.25) is 0 Å². The maximum Gasteiger partial charge on any atom is 0.269 e. The first-order valence-electron chi connectivity index (χ1n) is 7.19. The molecule has 1 amide bonds. The molecule has 22 heavy (non-hydrogen) atoms. The van der Waals surface area contributed by atoms with Gasteiger partial charge in [0.15, 0.2) is 0 Å². The Bertz CT molecular complexity index is 692. The second-order valence-electron chi connectivity index (χ2n) is 5.55. The monoisotopic (exact) mass is 296 g/mol. The van der Waals surface area contributed by atoms with Gasteiger partial charge in [-0.2, -0.15) is 0 Å². The number of non-ortho nitro benzene ring substituents is 1. The highest BCUT2D eigenvalue weighted by Crippen LogP contribution is 2.48. The van der Waals surface area contributed by atoms with Gasteiger partial charge < -0.3 is 5.32 Å². The molecule has 0 bridgehead atoms. The zero-order valence-corrected chi connectivity index (χ0v) is 12.0. The molecule has 1 aliphatic carbocycles. The van der Waals surface area contributed by atoms with E-state index in [2.05, 4.69) is 5.32 Å². The Hall–Kier alpha value is -2.69. The first-order chi connectivity index (χ1) is 10.6. The summed E-state index contributed by atoms with van der Waals surface area (Å²) < 4.78 is 0. The average molecular weight is 296 g/mol. The van der Waals surface area contributed by atoms with Crippen LogP contribution in [0.1, 0.15) is 24.0 Å². The van der Waals surface area contributed by atoms with Crippen molar-refractivity contribution in [2.45, 2.75) is 24.8 Å². The minimum absolute atomic E-state index is 0.00907. The first kappa shape index (κ1) is 14.3. The van der Waals surface area contributed by atoms with Crippen LogP contribution in [0.4, 0.5) is 5.69 Å². The first-order valence-corrected chi connectivity index (χ1v) is 7.19. The molecular formula is C17H16N2O3. The Morgan fingerprint density at radius 2 is 1.73 bits per heavy atom. The molecule has 0 aliphatic heterocycles. The number of benzene rings is 2. The average Bonchev–Trinajstić information content (AvgIpc) is 3.35. The van der Waals surface area contributed by atoms with Gasteiger partial charge in [-0.3, -0.25) is 14.9 Å². The third-order valence-corrected chi connectivity index (χ3v) is 4.11. The lowest BCUT2D eigenvalue weighted by Gasteiger charge is -2.15. The summed E-state index contributed by atoms with van der Waals surface area (Å²) in [6.45, 7) is 0.494. The van der Waals surface area contributed by atoms with E-state index in [9.17, 15) is 14.9 Å². The van der Waals surface area contributed by atoms with Crippen LogP contribution >= 0.6 is 0 Å². The van der Waals surface area contributed by atoms with E-state index < -0.39 is 10.3 Å². The molecule has 1 aliphatic rings. The Balaban J connectivity index is 1.70. The van der Waals surface area contributed by atoms with Crippen LogP contribution in [0, 0.1) is 10.1 Å². The molecule has 2 aromatic rings. The SMILES string of the molecule is O=C(NCc1ccccc1)C1(c2ccc([N+](=O)[O-])cc2)CC1. The number of hydrogen-bond acceptors (Lipinski definition) is 3. The van der Waals surface area contributed by atoms with Crippen molar-refractivity contribution in [3.63, 3.8) is 0 Å². The second kappa shape index (κ2) is 5.60. The van der Waals surface area contributed by atoms with E-state index in [0.717, 1.165) is 24.0 Å². The largest absolute Gasteiger partial charge is 0.351 e. The molecular weight excluding hydrogens is 280 g/mol. The lowest BCUT2D eigenvalue weighted by atomic mass is 9.94. The lowest BCUT2D eigenvalue weighted by Crippen LogP contribution is -2.34. The van der Waals surface area contributed by atoms with Crippen molar-refractivity contribution >= 4 is 11.6 Å². The van der Waals surface area contributed by atoms with Gasteiger partial charge in [0.2, 0.25) is 5.91 Å². The minimum Gasteiger partial charge on any atom is -0.351 e. The van der Waals surface area contributed by atoms with E-state index in [-0.39, 0.29) is 11.6 Å². The van der Waals surface area contributed by atoms with E-state index >= 15 is 0 Å². The highest BCUT2D eigenvalue weighted by atomic mass is 16.6. The molecule has 2 aromatic carbocycles. The van der Waals surface area contributed by atoms with Gasteiger partial charge in [0.1, 0.15) is 0 Å². The van der Waals surface area contributed by atoms with Crippen LogP contribution in [0.15, 0.2) is 54.6 Å². The fourth-order valence-electron chi connectivity index (χ4n) is 2.62. The van der Waals surface area contributed by atoms with Gasteiger partial charge in [0.25, 0.3) is 5.69 Å². The van der Waals surface area contributed by atoms with Crippen LogP contribution in [-0.4, -0.2) is 10.8 Å². The van der Waals surface area contributed by atoms with Gasteiger partial charge in [-0.1, -0.05) is 42.5 Å². The summed E-state index contributed by atoms with van der Waals surface area (Å²) in [6.07, 6.45) is 1.57. The topological polar surface area (TPSA) is 72.2 Å². The molecule has 5 heteroatoms. The number of nitrogens with zero attached hydrogens (tertiary/aromatic N) is 1. The quantitative estimate of drug-likeness (QED) is 0.681. The fraction of sp³-hybridized carbons (Fsp3) is 0.235. The van der Waals surface area contributed by atoms with Crippen molar-refractivity contribution in [2.75, 3.05) is 0 Å². The molecule has 0 heterocycles. The summed E-state index contributed by atoms with van der Waals surface area (Å²) in [5.74, 6) is -0.00907. The summed E-state index contributed by atoms with van der Waals surface area (Å²) in [6, 6.07) is 16.0. The number of nitrogens with one attached hydrogen (secondary N) is 1. The zero-order chi connectivity index (χ0) is 15.6. The predicted molar refractivity (Wildman–Crippen MR) is 82.3 cm³/mol. The molecule has 112 valence electrons. The van der Waals surface area contributed by atoms with Gasteiger partial charge in [0.05, 0.1) is 10.3 Å². The summed E-state index contributed by atoms with van der Waals surface area (Å²) in [5, 5.41) is 13.7. The molecule has 1 N–H and O–H groups in total. The van der Waals surface area contributed by atoms with E-state index in [1.54, 1.807) is 12.1 Å². The highest BCUT2D eigenvalue weighted by Gasteiger charge is 2.51. The molecule has 0 spiro atoms. The number of carbonyl (C=O) groups is 1. The smallest absolute Gasteiger partial charge is 0.269 e. The standard InChI is InChI=1S/C17H16N2O3/c20-16(18-12-13-4-2-1-3-5-13)17(10-11-17)14-6-8-15(9-7-14)19(21)22/h1-9H,10-12H2,(H,18,20). The van der Waals surface area contributed by atoms with Crippen LogP contribution in [0.25, 0.3) is 0 Å². The predicted octanol–water partition coefficient (Wildman–Crippen LogP) is 2.94. The van der Waals surface area contributed by atoms with E-state index in [1.807, 2.05) is 30.3 Å². The van der Waals surface area contributed by atoms with Gasteiger partial charge in [-0.25, -0.2) is 0 Å². The number of hydrogen-bond donors (Lipinski definition) is 1. The van der Waals surface area contributed by atoms with Crippen molar-refractivity contribution < 1.29 is 9.72 Å². The Labute approximate surface area is 128 Å². The maximum atomic E-state index is 12.5. The van der Waals surface area contributed by atoms with Crippen molar-refractivity contribution in [3.05, 3.63) is 75.8 Å². The molecule has 0 unspecified atom stereocenters. The normalized spacial score (nSPS) is 15.1. The van der Waals surface area contributed by atoms with Crippen molar-refractivity contribution in [3.8, 4) is 0 Å². The molecule has 5 nitrogen and oxygen atoms in total. The van der Waals surface area contributed by atoms with Crippen LogP contribution in [0.3, 0.4) is 0 Å². The second-order valence-corrected chi connectivity index (χ2v) is 5.55. The molecule has 0 atom stereocenters. The Morgan fingerprint density at radius 3 is 2.27 bits per heavy atom. The molecule has 0 aromatic heterocycles. The minimum atomic E-state index is -0.510. The maximum absolute atomic E-state index is 12.5. The molecule has 0 saturated heterocycles. The number of amides is 1. The Morgan fingerprint density at radius 1 is 1.09 bits per heavy atom. The molecule has 0 radical (unpaired) electrons. The number of carbonyl (C=O) groups excluding carboxylic acids is 1. The van der Waals surface area contributed by atoms with Gasteiger partial charge in [-0.05, 0) is 24.0 Å². The van der Waals surface area contributed by atoms with Gasteiger partial charge in [-0.15, -0.1) is 0 Å². The molecule has 1 saturated carbocycles. The highest BCUT2D eigenvalue weighted by molar-refractivity contribution is 5.91. The van der Waals surface area contributed by atoms with Crippen LogP contribution in [-0.2, 0) is 16.8 Å². The van der Waals surface area contributed by atoms with E-state index in [1.165, 1.54) is 12.1 Å². The third-order valence-electron chi connectivity index (χ3n) is 4.11. The van der Waals surface area contributed by atoms with Crippen molar-refractivity contribution in [1.82, 2.24) is 5.32 Å². The number of nitro benzene ring substituents is 1. The Kier molecular flexibility index (Phi) is 3.63. The van der Waals surface area contributed by atoms with E-state index in [0.29, 0.717) is 6.54 Å². The molecule has 3 rings (SSSR count).